The van der Waals surface area contributed by atoms with Gasteiger partial charge in [-0.1, -0.05) is 0 Å². The fraction of sp³-hybridized carbons (Fsp3) is 0.917. The molecule has 0 unspecified atom stereocenters. The molecule has 0 aliphatic heterocycles. The van der Waals surface area contributed by atoms with Crippen molar-refractivity contribution in [3.8, 4) is 0 Å². The Morgan fingerprint density at radius 2 is 2.19 bits per heavy atom. The number of ether oxygens (including phenoxy) is 1. The van der Waals surface area contributed by atoms with Crippen LogP contribution in [0.1, 0.15) is 39.0 Å². The van der Waals surface area contributed by atoms with E-state index in [1.165, 1.54) is 6.42 Å². The summed E-state index contributed by atoms with van der Waals surface area (Å²) < 4.78 is 5.47. The highest BCUT2D eigenvalue weighted by Gasteiger charge is 2.39. The van der Waals surface area contributed by atoms with Gasteiger partial charge in [0.25, 0.3) is 0 Å². The van der Waals surface area contributed by atoms with Crippen molar-refractivity contribution in [3.05, 3.63) is 0 Å². The van der Waals surface area contributed by atoms with Crippen LogP contribution in [0.5, 0.6) is 0 Å². The number of carbonyl (C=O) groups excluding carboxylic acids is 1. The van der Waals surface area contributed by atoms with Crippen LogP contribution in [0, 0.1) is 0 Å². The zero-order valence-corrected chi connectivity index (χ0v) is 10.5. The molecule has 0 radical (unpaired) electrons. The lowest BCUT2D eigenvalue weighted by atomic mass is 9.77. The predicted octanol–water partition coefficient (Wildman–Crippen LogP) is 1.14. The van der Waals surface area contributed by atoms with Gasteiger partial charge in [0.2, 0.25) is 5.91 Å². The summed E-state index contributed by atoms with van der Waals surface area (Å²) in [4.78, 5) is 13.9. The minimum absolute atomic E-state index is 0.160. The van der Waals surface area contributed by atoms with Gasteiger partial charge >= 0.3 is 0 Å². The highest BCUT2D eigenvalue weighted by atomic mass is 16.5. The molecule has 0 spiro atoms. The van der Waals surface area contributed by atoms with Crippen molar-refractivity contribution in [1.82, 2.24) is 4.90 Å². The first kappa shape index (κ1) is 13.5. The minimum Gasteiger partial charge on any atom is -0.378 e. The standard InChI is InChI=1S/C12H24N2O2/c1-3-14(9-5-8-13)11(15)10-12(16-2)6-4-7-12/h3-10,13H2,1-2H3. The second-order valence-corrected chi connectivity index (χ2v) is 4.53. The van der Waals surface area contributed by atoms with E-state index in [-0.39, 0.29) is 11.5 Å². The molecule has 0 bridgehead atoms. The molecule has 0 saturated heterocycles. The Kier molecular flexibility index (Phi) is 5.22. The van der Waals surface area contributed by atoms with E-state index in [2.05, 4.69) is 0 Å². The normalized spacial score (nSPS) is 17.9. The summed E-state index contributed by atoms with van der Waals surface area (Å²) >= 11 is 0. The number of nitrogens with two attached hydrogens (primary N) is 1. The number of rotatable bonds is 7. The molecule has 0 aromatic rings. The number of nitrogens with zero attached hydrogens (tertiary/aromatic N) is 1. The lowest BCUT2D eigenvalue weighted by Gasteiger charge is -2.41. The van der Waals surface area contributed by atoms with Crippen LogP contribution in [-0.2, 0) is 9.53 Å². The van der Waals surface area contributed by atoms with Gasteiger partial charge in [0, 0.05) is 20.2 Å². The zero-order valence-electron chi connectivity index (χ0n) is 10.5. The number of amides is 1. The third-order valence-electron chi connectivity index (χ3n) is 3.54. The van der Waals surface area contributed by atoms with Crippen molar-refractivity contribution >= 4 is 5.91 Å². The molecule has 0 aromatic heterocycles. The van der Waals surface area contributed by atoms with E-state index in [1.54, 1.807) is 7.11 Å². The number of methoxy groups -OCH3 is 1. The summed E-state index contributed by atoms with van der Waals surface area (Å²) in [7, 11) is 1.71. The molecule has 0 aromatic carbocycles. The van der Waals surface area contributed by atoms with Crippen molar-refractivity contribution in [2.75, 3.05) is 26.7 Å². The summed E-state index contributed by atoms with van der Waals surface area (Å²) in [5.41, 5.74) is 5.30. The first-order chi connectivity index (χ1) is 7.67. The van der Waals surface area contributed by atoms with Crippen molar-refractivity contribution in [1.29, 1.82) is 0 Å². The Morgan fingerprint density at radius 3 is 2.56 bits per heavy atom. The maximum absolute atomic E-state index is 12.1. The van der Waals surface area contributed by atoms with Crippen LogP contribution < -0.4 is 5.73 Å². The summed E-state index contributed by atoms with van der Waals surface area (Å²) in [6.45, 7) is 4.18. The summed E-state index contributed by atoms with van der Waals surface area (Å²) in [6, 6.07) is 0. The van der Waals surface area contributed by atoms with E-state index in [0.29, 0.717) is 13.0 Å². The first-order valence-electron chi connectivity index (χ1n) is 6.20. The van der Waals surface area contributed by atoms with Crippen molar-refractivity contribution in [2.45, 2.75) is 44.6 Å². The van der Waals surface area contributed by atoms with Gasteiger partial charge in [-0.15, -0.1) is 0 Å². The average molecular weight is 228 g/mol. The molecule has 0 heterocycles. The van der Waals surface area contributed by atoms with Crippen LogP contribution in [0.2, 0.25) is 0 Å². The van der Waals surface area contributed by atoms with Crippen LogP contribution >= 0.6 is 0 Å². The van der Waals surface area contributed by atoms with Gasteiger partial charge in [-0.25, -0.2) is 0 Å². The van der Waals surface area contributed by atoms with Gasteiger partial charge in [-0.3, -0.25) is 4.79 Å². The lowest BCUT2D eigenvalue weighted by molar-refractivity contribution is -0.144. The van der Waals surface area contributed by atoms with Crippen LogP contribution in [0.4, 0.5) is 0 Å². The fourth-order valence-corrected chi connectivity index (χ4v) is 2.15. The van der Waals surface area contributed by atoms with Crippen molar-refractivity contribution in [2.24, 2.45) is 5.73 Å². The number of hydrogen-bond donors (Lipinski definition) is 1. The monoisotopic (exact) mass is 228 g/mol. The zero-order chi connectivity index (χ0) is 12.0. The molecule has 1 rings (SSSR count). The highest BCUT2D eigenvalue weighted by Crippen LogP contribution is 2.38. The van der Waals surface area contributed by atoms with Gasteiger partial charge in [-0.05, 0) is 39.2 Å². The van der Waals surface area contributed by atoms with Gasteiger partial charge in [0.05, 0.1) is 12.0 Å². The van der Waals surface area contributed by atoms with E-state index in [1.807, 2.05) is 11.8 Å². The van der Waals surface area contributed by atoms with Crippen LogP contribution in [0.25, 0.3) is 0 Å². The molecule has 4 heteroatoms. The fourth-order valence-electron chi connectivity index (χ4n) is 2.15. The molecule has 1 fully saturated rings. The van der Waals surface area contributed by atoms with Crippen LogP contribution in [0.3, 0.4) is 0 Å². The Labute approximate surface area is 98.1 Å². The van der Waals surface area contributed by atoms with E-state index < -0.39 is 0 Å². The van der Waals surface area contributed by atoms with Crippen LogP contribution in [-0.4, -0.2) is 43.2 Å². The summed E-state index contributed by atoms with van der Waals surface area (Å²) in [5.74, 6) is 0.206. The molecule has 2 N–H and O–H groups in total. The summed E-state index contributed by atoms with van der Waals surface area (Å²) in [5, 5.41) is 0. The molecule has 4 nitrogen and oxygen atoms in total. The number of carbonyl (C=O) groups is 1. The molecule has 1 saturated carbocycles. The third kappa shape index (κ3) is 3.19. The van der Waals surface area contributed by atoms with Crippen LogP contribution in [0.15, 0.2) is 0 Å². The molecular weight excluding hydrogens is 204 g/mol. The maximum Gasteiger partial charge on any atom is 0.225 e. The number of hydrogen-bond acceptors (Lipinski definition) is 3. The lowest BCUT2D eigenvalue weighted by Crippen LogP contribution is -2.45. The average Bonchev–Trinajstić information content (AvgIpc) is 2.24. The van der Waals surface area contributed by atoms with E-state index in [4.69, 9.17) is 10.5 Å². The second kappa shape index (κ2) is 6.21. The molecular formula is C12H24N2O2. The van der Waals surface area contributed by atoms with E-state index >= 15 is 0 Å². The Morgan fingerprint density at radius 1 is 1.50 bits per heavy atom. The largest absolute Gasteiger partial charge is 0.378 e. The van der Waals surface area contributed by atoms with Gasteiger partial charge in [0.1, 0.15) is 0 Å². The van der Waals surface area contributed by atoms with Crippen molar-refractivity contribution < 1.29 is 9.53 Å². The molecule has 94 valence electrons. The Balaban J connectivity index is 2.42. The third-order valence-corrected chi connectivity index (χ3v) is 3.54. The second-order valence-electron chi connectivity index (χ2n) is 4.53. The maximum atomic E-state index is 12.1. The molecule has 1 aliphatic rings. The van der Waals surface area contributed by atoms with E-state index in [0.717, 1.165) is 32.4 Å². The minimum atomic E-state index is -0.160. The first-order valence-corrected chi connectivity index (χ1v) is 6.20. The Bertz CT molecular complexity index is 222. The summed E-state index contributed by atoms with van der Waals surface area (Å²) in [6.07, 6.45) is 4.62. The molecule has 1 amide bonds. The highest BCUT2D eigenvalue weighted by molar-refractivity contribution is 5.77. The topological polar surface area (TPSA) is 55.6 Å². The predicted molar refractivity (Wildman–Crippen MR) is 64.1 cm³/mol. The van der Waals surface area contributed by atoms with Crippen molar-refractivity contribution in [3.63, 3.8) is 0 Å². The molecule has 0 atom stereocenters. The SMILES string of the molecule is CCN(CCCN)C(=O)CC1(OC)CCC1. The Hall–Kier alpha value is -0.610. The van der Waals surface area contributed by atoms with Gasteiger partial charge in [-0.2, -0.15) is 0 Å². The molecule has 16 heavy (non-hydrogen) atoms. The van der Waals surface area contributed by atoms with Gasteiger partial charge in [0.15, 0.2) is 0 Å². The van der Waals surface area contributed by atoms with Gasteiger partial charge < -0.3 is 15.4 Å². The van der Waals surface area contributed by atoms with E-state index in [9.17, 15) is 4.79 Å². The quantitative estimate of drug-likeness (QED) is 0.711. The molecule has 1 aliphatic carbocycles. The smallest absolute Gasteiger partial charge is 0.225 e.